The van der Waals surface area contributed by atoms with Crippen LogP contribution in [0.3, 0.4) is 0 Å². The minimum atomic E-state index is -0.188. The van der Waals surface area contributed by atoms with Crippen molar-refractivity contribution in [3.63, 3.8) is 0 Å². The Morgan fingerprint density at radius 2 is 1.55 bits per heavy atom. The Hall–Kier alpha value is -2.85. The third kappa shape index (κ3) is 10.9. The van der Waals surface area contributed by atoms with Crippen molar-refractivity contribution in [2.24, 2.45) is 0 Å². The zero-order valence-corrected chi connectivity index (χ0v) is 19.2. The van der Waals surface area contributed by atoms with Crippen LogP contribution in [0.1, 0.15) is 65.2 Å². The quantitative estimate of drug-likeness (QED) is 0.360. The van der Waals surface area contributed by atoms with Crippen LogP contribution in [0, 0.1) is 18.7 Å². The molecule has 0 radical (unpaired) electrons. The average Bonchev–Trinajstić information content (AvgIpc) is 2.77. The molecule has 0 saturated heterocycles. The number of allylic oxidation sites excluding steroid dienone is 5. The molecule has 0 saturated carbocycles. The fraction of sp³-hybridized carbons (Fsp3) is 0.286. The Morgan fingerprint density at radius 3 is 1.93 bits per heavy atom. The standard InChI is InChI=1S/C16H19F.C8H10.C2H6.C2H2/c1-6-7-12(4)13(5)15-9-8-14(11(2)3)10-16(15)17;1-2-8-6-4-3-5-7-8;2*1-2/h6-10H,2H2,1,3-5H3;3-7H,2H2,1H3;1-2H3;1-2H/b7-6-,13-12+;;;. The van der Waals surface area contributed by atoms with Crippen LogP contribution in [0.4, 0.5) is 4.39 Å². The molecule has 0 atom stereocenters. The van der Waals surface area contributed by atoms with Gasteiger partial charge in [0.05, 0.1) is 0 Å². The van der Waals surface area contributed by atoms with Crippen LogP contribution in [0.2, 0.25) is 0 Å². The van der Waals surface area contributed by atoms with Crippen LogP contribution in [0.15, 0.2) is 72.8 Å². The lowest BCUT2D eigenvalue weighted by molar-refractivity contribution is 0.623. The molecule has 0 amide bonds. The van der Waals surface area contributed by atoms with E-state index in [-0.39, 0.29) is 5.82 Å². The number of halogens is 1. The molecule has 2 aromatic carbocycles. The van der Waals surface area contributed by atoms with Crippen LogP contribution in [0.25, 0.3) is 11.1 Å². The van der Waals surface area contributed by atoms with Crippen LogP contribution >= 0.6 is 0 Å². The van der Waals surface area contributed by atoms with Gasteiger partial charge in [0.1, 0.15) is 5.82 Å². The minimum absolute atomic E-state index is 0.188. The molecule has 2 rings (SSSR count). The molecule has 0 heterocycles. The number of terminal acetylenes is 1. The van der Waals surface area contributed by atoms with Gasteiger partial charge in [0.15, 0.2) is 0 Å². The van der Waals surface area contributed by atoms with Gasteiger partial charge in [-0.2, -0.15) is 0 Å². The maximum Gasteiger partial charge on any atom is 0.131 e. The number of benzene rings is 2. The average molecular weight is 393 g/mol. The molecule has 0 spiro atoms. The molecule has 156 valence electrons. The summed E-state index contributed by atoms with van der Waals surface area (Å²) in [7, 11) is 0. The van der Waals surface area contributed by atoms with Crippen molar-refractivity contribution in [2.75, 3.05) is 0 Å². The Labute approximate surface area is 178 Å². The van der Waals surface area contributed by atoms with Crippen molar-refractivity contribution in [1.82, 2.24) is 0 Å². The lowest BCUT2D eigenvalue weighted by Crippen LogP contribution is -1.91. The normalized spacial score (nSPS) is 10.3. The van der Waals surface area contributed by atoms with Gasteiger partial charge >= 0.3 is 0 Å². The molecule has 0 aromatic heterocycles. The van der Waals surface area contributed by atoms with E-state index >= 15 is 0 Å². The number of aryl methyl sites for hydroxylation is 1. The molecule has 0 nitrogen and oxygen atoms in total. The third-order valence-corrected chi connectivity index (χ3v) is 4.13. The summed E-state index contributed by atoms with van der Waals surface area (Å²) in [4.78, 5) is 0. The van der Waals surface area contributed by atoms with E-state index in [4.69, 9.17) is 0 Å². The third-order valence-electron chi connectivity index (χ3n) is 4.13. The van der Waals surface area contributed by atoms with Crippen molar-refractivity contribution >= 4 is 11.1 Å². The Morgan fingerprint density at radius 1 is 1.00 bits per heavy atom. The maximum atomic E-state index is 14.0. The van der Waals surface area contributed by atoms with Gasteiger partial charge < -0.3 is 0 Å². The van der Waals surface area contributed by atoms with Gasteiger partial charge in [-0.15, -0.1) is 12.8 Å². The van der Waals surface area contributed by atoms with E-state index in [2.05, 4.69) is 50.6 Å². The number of hydrogen-bond acceptors (Lipinski definition) is 0. The predicted octanol–water partition coefficient (Wildman–Crippen LogP) is 8.75. The molecule has 1 heteroatoms. The highest BCUT2D eigenvalue weighted by Crippen LogP contribution is 2.24. The van der Waals surface area contributed by atoms with Gasteiger partial charge in [-0.1, -0.05) is 87.5 Å². The van der Waals surface area contributed by atoms with Gasteiger partial charge in [-0.05, 0) is 62.5 Å². The summed E-state index contributed by atoms with van der Waals surface area (Å²) < 4.78 is 14.0. The second-order valence-electron chi connectivity index (χ2n) is 6.12. The van der Waals surface area contributed by atoms with Crippen molar-refractivity contribution in [3.8, 4) is 12.8 Å². The summed E-state index contributed by atoms with van der Waals surface area (Å²) in [5.74, 6) is -0.188. The topological polar surface area (TPSA) is 0 Å². The summed E-state index contributed by atoms with van der Waals surface area (Å²) in [5.41, 5.74) is 5.84. The predicted molar refractivity (Wildman–Crippen MR) is 131 cm³/mol. The SMILES string of the molecule is C#C.C=C(C)c1ccc(/C(C)=C(C)/C=C\C)c(F)c1.CC.CCc1ccccc1. The lowest BCUT2D eigenvalue weighted by Gasteiger charge is -2.08. The molecule has 29 heavy (non-hydrogen) atoms. The van der Waals surface area contributed by atoms with E-state index in [1.165, 1.54) is 5.56 Å². The zero-order chi connectivity index (χ0) is 22.8. The highest BCUT2D eigenvalue weighted by Gasteiger charge is 2.07. The van der Waals surface area contributed by atoms with E-state index < -0.39 is 0 Å². The zero-order valence-electron chi connectivity index (χ0n) is 19.2. The second-order valence-corrected chi connectivity index (χ2v) is 6.12. The first-order valence-corrected chi connectivity index (χ1v) is 10.0. The van der Waals surface area contributed by atoms with Gasteiger partial charge in [-0.3, -0.25) is 0 Å². The van der Waals surface area contributed by atoms with Crippen LogP contribution in [-0.4, -0.2) is 0 Å². The van der Waals surface area contributed by atoms with E-state index in [0.717, 1.165) is 28.7 Å². The van der Waals surface area contributed by atoms with Crippen molar-refractivity contribution in [3.05, 3.63) is 95.3 Å². The molecule has 0 aliphatic heterocycles. The molecule has 0 fully saturated rings. The Balaban J connectivity index is 0. The first-order chi connectivity index (χ1) is 13.9. The van der Waals surface area contributed by atoms with E-state index in [0.29, 0.717) is 5.56 Å². The Bertz CT molecular complexity index is 790. The smallest absolute Gasteiger partial charge is 0.131 e. The van der Waals surface area contributed by atoms with Gasteiger partial charge in [-0.25, -0.2) is 4.39 Å². The molecule has 2 aromatic rings. The van der Waals surface area contributed by atoms with Crippen molar-refractivity contribution in [2.45, 2.75) is 54.9 Å². The molecule has 0 aliphatic rings. The highest BCUT2D eigenvalue weighted by molar-refractivity contribution is 5.71. The largest absolute Gasteiger partial charge is 0.206 e. The van der Waals surface area contributed by atoms with E-state index in [1.807, 2.05) is 71.9 Å². The second kappa shape index (κ2) is 17.3. The highest BCUT2D eigenvalue weighted by atomic mass is 19.1. The first kappa shape index (κ1) is 28.4. The lowest BCUT2D eigenvalue weighted by atomic mass is 9.98. The molecule has 0 unspecified atom stereocenters. The monoisotopic (exact) mass is 392 g/mol. The molecular weight excluding hydrogens is 355 g/mol. The fourth-order valence-electron chi connectivity index (χ4n) is 2.39. The molecule has 0 aliphatic carbocycles. The number of rotatable bonds is 4. The molecule has 0 N–H and O–H groups in total. The van der Waals surface area contributed by atoms with Crippen molar-refractivity contribution in [1.29, 1.82) is 0 Å². The first-order valence-electron chi connectivity index (χ1n) is 10.0. The molecular formula is C28H37F. The van der Waals surface area contributed by atoms with E-state index in [1.54, 1.807) is 6.07 Å². The summed E-state index contributed by atoms with van der Waals surface area (Å²) in [6.07, 6.45) is 13.1. The van der Waals surface area contributed by atoms with Crippen LogP contribution in [-0.2, 0) is 6.42 Å². The van der Waals surface area contributed by atoms with Crippen LogP contribution in [0.5, 0.6) is 0 Å². The Kier molecular flexibility index (Phi) is 16.9. The number of hydrogen-bond donors (Lipinski definition) is 0. The maximum absolute atomic E-state index is 14.0. The summed E-state index contributed by atoms with van der Waals surface area (Å²) in [5, 5.41) is 0. The summed E-state index contributed by atoms with van der Waals surface area (Å²) in [6, 6.07) is 15.7. The summed E-state index contributed by atoms with van der Waals surface area (Å²) >= 11 is 0. The van der Waals surface area contributed by atoms with Crippen molar-refractivity contribution < 1.29 is 4.39 Å². The minimum Gasteiger partial charge on any atom is -0.206 e. The van der Waals surface area contributed by atoms with Gasteiger partial charge in [0.2, 0.25) is 0 Å². The van der Waals surface area contributed by atoms with Crippen LogP contribution < -0.4 is 0 Å². The fourth-order valence-corrected chi connectivity index (χ4v) is 2.39. The van der Waals surface area contributed by atoms with Gasteiger partial charge in [0.25, 0.3) is 0 Å². The summed E-state index contributed by atoms with van der Waals surface area (Å²) in [6.45, 7) is 17.7. The molecule has 0 bridgehead atoms. The van der Waals surface area contributed by atoms with Gasteiger partial charge in [0, 0.05) is 5.56 Å². The van der Waals surface area contributed by atoms with E-state index in [9.17, 15) is 4.39 Å².